The lowest BCUT2D eigenvalue weighted by Crippen LogP contribution is -2.64. The van der Waals surface area contributed by atoms with E-state index in [-0.39, 0.29) is 43.6 Å². The maximum absolute atomic E-state index is 14.3. The van der Waals surface area contributed by atoms with Crippen LogP contribution in [0.4, 0.5) is 0 Å². The fourth-order valence-corrected chi connectivity index (χ4v) is 6.32. The number of amides is 3. The molecule has 1 aliphatic carbocycles. The van der Waals surface area contributed by atoms with Crippen LogP contribution in [-0.2, 0) is 40.1 Å². The van der Waals surface area contributed by atoms with Crippen molar-refractivity contribution in [1.82, 2.24) is 26.3 Å². The standard InChI is InChI=1S/C36H42N8O5/c37-35(43-44(48)49)39-21-8-15-31(33(46)38-22-19-28-24-40-30-14-7-6-13-29(28)30)41-34(47)36(20-18-26-11-4-5-12-27(26)23-36)42-32(45)17-16-25-9-2-1-3-10-25/h1-7,9-14,24,31,40H,8,15-23H2,(H,38,46)(H,41,47)(H,42,45)(H3,37,39,43)/t31-,36?/m0/s1. The summed E-state index contributed by atoms with van der Waals surface area (Å²) in [5.74, 6) is -1.41. The van der Waals surface area contributed by atoms with E-state index in [9.17, 15) is 24.5 Å². The van der Waals surface area contributed by atoms with Gasteiger partial charge in [0.2, 0.25) is 17.7 Å². The van der Waals surface area contributed by atoms with Crippen LogP contribution in [0.3, 0.4) is 0 Å². The van der Waals surface area contributed by atoms with E-state index in [4.69, 9.17) is 5.73 Å². The molecule has 1 aliphatic rings. The summed E-state index contributed by atoms with van der Waals surface area (Å²) in [7, 11) is 0. The molecule has 2 atom stereocenters. The average Bonchev–Trinajstić information content (AvgIpc) is 3.51. The molecule has 256 valence electrons. The van der Waals surface area contributed by atoms with Gasteiger partial charge in [0.25, 0.3) is 5.96 Å². The summed E-state index contributed by atoms with van der Waals surface area (Å²) in [4.78, 5) is 55.2. The molecule has 4 aromatic rings. The summed E-state index contributed by atoms with van der Waals surface area (Å²) in [5, 5.41) is 25.5. The first kappa shape index (κ1) is 34.6. The highest BCUT2D eigenvalue weighted by molar-refractivity contribution is 5.95. The van der Waals surface area contributed by atoms with E-state index >= 15 is 0 Å². The highest BCUT2D eigenvalue weighted by Gasteiger charge is 2.43. The van der Waals surface area contributed by atoms with Crippen LogP contribution in [-0.4, -0.2) is 58.4 Å². The van der Waals surface area contributed by atoms with E-state index in [2.05, 4.69) is 31.4 Å². The number of aromatic nitrogens is 1. The fraction of sp³-hybridized carbons (Fsp3) is 0.333. The van der Waals surface area contributed by atoms with E-state index in [1.807, 2.05) is 85.1 Å². The predicted octanol–water partition coefficient (Wildman–Crippen LogP) is 2.86. The highest BCUT2D eigenvalue weighted by atomic mass is 16.7. The molecule has 0 fully saturated rings. The molecule has 1 aromatic heterocycles. The van der Waals surface area contributed by atoms with Crippen molar-refractivity contribution >= 4 is 34.6 Å². The van der Waals surface area contributed by atoms with Gasteiger partial charge in [0.1, 0.15) is 16.7 Å². The molecule has 0 aliphatic heterocycles. The van der Waals surface area contributed by atoms with Crippen LogP contribution in [0, 0.1) is 10.1 Å². The Hall–Kier alpha value is -5.72. The zero-order chi connectivity index (χ0) is 34.6. The van der Waals surface area contributed by atoms with Crippen molar-refractivity contribution in [1.29, 1.82) is 0 Å². The van der Waals surface area contributed by atoms with E-state index in [0.717, 1.165) is 33.2 Å². The topological polar surface area (TPSA) is 197 Å². The number of carbonyl (C=O) groups excluding carboxylic acids is 3. The maximum atomic E-state index is 14.3. The molecule has 3 aromatic carbocycles. The second-order valence-corrected chi connectivity index (χ2v) is 12.3. The van der Waals surface area contributed by atoms with Crippen LogP contribution >= 0.6 is 0 Å². The molecular weight excluding hydrogens is 624 g/mol. The number of aromatic amines is 1. The van der Waals surface area contributed by atoms with Crippen molar-refractivity contribution in [3.05, 3.63) is 117 Å². The minimum Gasteiger partial charge on any atom is -0.365 e. The number of hydrogen-bond donors (Lipinski definition) is 6. The van der Waals surface area contributed by atoms with Crippen molar-refractivity contribution < 1.29 is 19.4 Å². The molecule has 3 amide bonds. The number of nitro groups is 1. The number of fused-ring (bicyclic) bond motifs is 2. The molecule has 0 saturated heterocycles. The number of guanidine groups is 1. The van der Waals surface area contributed by atoms with Gasteiger partial charge in [0.05, 0.1) is 0 Å². The molecule has 0 radical (unpaired) electrons. The van der Waals surface area contributed by atoms with Crippen molar-refractivity contribution in [2.45, 2.75) is 62.9 Å². The van der Waals surface area contributed by atoms with Gasteiger partial charge >= 0.3 is 0 Å². The smallest absolute Gasteiger partial charge is 0.266 e. The monoisotopic (exact) mass is 666 g/mol. The second kappa shape index (κ2) is 16.4. The minimum absolute atomic E-state index is 0.187. The third-order valence-corrected chi connectivity index (χ3v) is 8.88. The van der Waals surface area contributed by atoms with Crippen molar-refractivity contribution in [3.63, 3.8) is 0 Å². The normalized spacial score (nSPS) is 16.3. The summed E-state index contributed by atoms with van der Waals surface area (Å²) in [6.45, 7) is 0.523. The number of para-hydroxylation sites is 1. The van der Waals surface area contributed by atoms with Crippen LogP contribution in [0.25, 0.3) is 10.9 Å². The maximum Gasteiger partial charge on any atom is 0.266 e. The van der Waals surface area contributed by atoms with Gasteiger partial charge in [-0.05, 0) is 66.8 Å². The summed E-state index contributed by atoms with van der Waals surface area (Å²) >= 11 is 0. The Morgan fingerprint density at radius 3 is 2.47 bits per heavy atom. The van der Waals surface area contributed by atoms with E-state index in [1.165, 1.54) is 0 Å². The summed E-state index contributed by atoms with van der Waals surface area (Å²) in [6.07, 6.45) is 5.02. The van der Waals surface area contributed by atoms with E-state index in [1.54, 1.807) is 0 Å². The number of H-pyrrole nitrogens is 1. The summed E-state index contributed by atoms with van der Waals surface area (Å²) in [5.41, 5.74) is 9.46. The van der Waals surface area contributed by atoms with Crippen molar-refractivity contribution in [3.8, 4) is 0 Å². The van der Waals surface area contributed by atoms with Gasteiger partial charge in [-0.3, -0.25) is 14.4 Å². The van der Waals surface area contributed by atoms with E-state index < -0.39 is 22.5 Å². The average molecular weight is 667 g/mol. The molecule has 5 rings (SSSR count). The largest absolute Gasteiger partial charge is 0.365 e. The first-order valence-electron chi connectivity index (χ1n) is 16.5. The molecule has 0 bridgehead atoms. The van der Waals surface area contributed by atoms with Gasteiger partial charge < -0.3 is 32.0 Å². The lowest BCUT2D eigenvalue weighted by molar-refractivity contribution is -0.485. The summed E-state index contributed by atoms with van der Waals surface area (Å²) < 4.78 is 0. The summed E-state index contributed by atoms with van der Waals surface area (Å²) in [6, 6.07) is 24.5. The number of aryl methyl sites for hydroxylation is 2. The number of nitrogens with two attached hydrogens (primary N) is 1. The number of carbonyl (C=O) groups is 3. The molecule has 0 spiro atoms. The number of hydrogen-bond acceptors (Lipinski definition) is 5. The van der Waals surface area contributed by atoms with Gasteiger partial charge in [-0.2, -0.15) is 0 Å². The quantitative estimate of drug-likeness (QED) is 0.0369. The van der Waals surface area contributed by atoms with E-state index in [0.29, 0.717) is 38.6 Å². The van der Waals surface area contributed by atoms with Crippen molar-refractivity contribution in [2.24, 2.45) is 10.8 Å². The van der Waals surface area contributed by atoms with Crippen LogP contribution in [0.5, 0.6) is 0 Å². The van der Waals surface area contributed by atoms with Gasteiger partial charge in [0, 0.05) is 43.0 Å². The molecule has 13 heteroatoms. The second-order valence-electron chi connectivity index (χ2n) is 12.3. The molecule has 49 heavy (non-hydrogen) atoms. The third kappa shape index (κ3) is 9.43. The number of benzene rings is 3. The lowest BCUT2D eigenvalue weighted by atomic mass is 9.77. The Bertz CT molecular complexity index is 1810. The van der Waals surface area contributed by atoms with Crippen LogP contribution in [0.2, 0.25) is 0 Å². The third-order valence-electron chi connectivity index (χ3n) is 8.88. The molecule has 0 saturated carbocycles. The van der Waals surface area contributed by atoms with Crippen molar-refractivity contribution in [2.75, 3.05) is 13.1 Å². The Balaban J connectivity index is 1.29. The SMILES string of the molecule is N/C(=N\[N+](=O)[O-])NCCC[C@H](NC(=O)C1(NC(=O)CCc2ccccc2)CCc2ccccc2C1)C(=O)NCCc1c[nH]c2ccccc12. The number of hydrazone groups is 1. The predicted molar refractivity (Wildman–Crippen MR) is 187 cm³/mol. The lowest BCUT2D eigenvalue weighted by Gasteiger charge is -2.38. The molecule has 13 nitrogen and oxygen atoms in total. The molecule has 1 heterocycles. The zero-order valence-electron chi connectivity index (χ0n) is 27.2. The Labute approximate surface area is 284 Å². The minimum atomic E-state index is -1.26. The van der Waals surface area contributed by atoms with Gasteiger partial charge in [-0.1, -0.05) is 72.8 Å². The Kier molecular flexibility index (Phi) is 11.6. The first-order chi connectivity index (χ1) is 23.7. The number of nitrogens with one attached hydrogen (secondary N) is 5. The van der Waals surface area contributed by atoms with Crippen LogP contribution < -0.4 is 27.0 Å². The van der Waals surface area contributed by atoms with Gasteiger partial charge in [-0.25, -0.2) is 10.1 Å². The highest BCUT2D eigenvalue weighted by Crippen LogP contribution is 2.30. The number of rotatable bonds is 15. The van der Waals surface area contributed by atoms with Crippen LogP contribution in [0.15, 0.2) is 90.2 Å². The Morgan fingerprint density at radius 2 is 1.67 bits per heavy atom. The van der Waals surface area contributed by atoms with Gasteiger partial charge in [0.15, 0.2) is 5.03 Å². The fourth-order valence-electron chi connectivity index (χ4n) is 6.32. The number of nitrogens with zero attached hydrogens (tertiary/aromatic N) is 2. The Morgan fingerprint density at radius 1 is 0.939 bits per heavy atom. The molecule has 7 N–H and O–H groups in total. The zero-order valence-corrected chi connectivity index (χ0v) is 27.2. The van der Waals surface area contributed by atoms with Crippen LogP contribution in [0.1, 0.15) is 47.9 Å². The molecular formula is C36H42N8O5. The molecule has 1 unspecified atom stereocenters. The first-order valence-corrected chi connectivity index (χ1v) is 16.5. The van der Waals surface area contributed by atoms with Gasteiger partial charge in [-0.15, -0.1) is 0 Å².